The molecular formula is C25H22FN3O5. The Morgan fingerprint density at radius 3 is 2.68 bits per heavy atom. The highest BCUT2D eigenvalue weighted by molar-refractivity contribution is 6.46. The van der Waals surface area contributed by atoms with Gasteiger partial charge in [0.25, 0.3) is 11.7 Å². The first-order chi connectivity index (χ1) is 16.5. The molecule has 0 radical (unpaired) electrons. The molecular weight excluding hydrogens is 441 g/mol. The van der Waals surface area contributed by atoms with Crippen molar-refractivity contribution in [1.82, 2.24) is 14.5 Å². The number of likely N-dealkylation sites (tertiary alicyclic amines) is 1. The van der Waals surface area contributed by atoms with Crippen LogP contribution in [0.25, 0.3) is 5.76 Å². The van der Waals surface area contributed by atoms with Crippen LogP contribution in [0.3, 0.4) is 0 Å². The zero-order valence-corrected chi connectivity index (χ0v) is 18.2. The van der Waals surface area contributed by atoms with Gasteiger partial charge in [0.2, 0.25) is 0 Å². The minimum atomic E-state index is -0.924. The summed E-state index contributed by atoms with van der Waals surface area (Å²) < 4.78 is 27.1. The van der Waals surface area contributed by atoms with E-state index in [1.165, 1.54) is 23.1 Å². The first kappa shape index (κ1) is 21.7. The van der Waals surface area contributed by atoms with Crippen LogP contribution < -0.4 is 9.47 Å². The summed E-state index contributed by atoms with van der Waals surface area (Å²) in [6.07, 6.45) is 5.67. The Labute approximate surface area is 194 Å². The summed E-state index contributed by atoms with van der Waals surface area (Å²) in [5.74, 6) is -1.43. The molecule has 1 fully saturated rings. The maximum absolute atomic E-state index is 14.1. The van der Waals surface area contributed by atoms with Crippen molar-refractivity contribution in [2.45, 2.75) is 19.0 Å². The number of hydrogen-bond acceptors (Lipinski definition) is 6. The van der Waals surface area contributed by atoms with E-state index >= 15 is 0 Å². The van der Waals surface area contributed by atoms with E-state index in [-0.39, 0.29) is 17.9 Å². The van der Waals surface area contributed by atoms with Crippen molar-refractivity contribution in [3.63, 3.8) is 0 Å². The number of imidazole rings is 1. The SMILES string of the molecule is O=C1C(=O)N(CCCn2ccnc2)C(c2cccc(F)c2)/C1=C(/O)c1ccc2c(c1)OCCO2. The number of benzene rings is 2. The van der Waals surface area contributed by atoms with Crippen LogP contribution >= 0.6 is 0 Å². The first-order valence-corrected chi connectivity index (χ1v) is 10.9. The van der Waals surface area contributed by atoms with Gasteiger partial charge in [-0.2, -0.15) is 0 Å². The van der Waals surface area contributed by atoms with E-state index in [0.29, 0.717) is 48.8 Å². The highest BCUT2D eigenvalue weighted by Crippen LogP contribution is 2.41. The third-order valence-electron chi connectivity index (χ3n) is 5.89. The zero-order chi connectivity index (χ0) is 23.7. The Hall–Kier alpha value is -4.14. The smallest absolute Gasteiger partial charge is 0.295 e. The summed E-state index contributed by atoms with van der Waals surface area (Å²) in [6.45, 7) is 1.60. The average molecular weight is 463 g/mol. The number of aliphatic hydroxyl groups is 1. The van der Waals surface area contributed by atoms with Crippen molar-refractivity contribution in [2.24, 2.45) is 0 Å². The van der Waals surface area contributed by atoms with Gasteiger partial charge in [-0.15, -0.1) is 0 Å². The van der Waals surface area contributed by atoms with Crippen LogP contribution in [0.5, 0.6) is 11.5 Å². The largest absolute Gasteiger partial charge is 0.507 e. The number of rotatable bonds is 6. The van der Waals surface area contributed by atoms with Crippen LogP contribution in [0, 0.1) is 5.82 Å². The van der Waals surface area contributed by atoms with Crippen LogP contribution in [0.15, 0.2) is 66.8 Å². The number of carbonyl (C=O) groups excluding carboxylic acids is 2. The number of fused-ring (bicyclic) bond motifs is 1. The highest BCUT2D eigenvalue weighted by atomic mass is 19.1. The number of aliphatic hydroxyl groups excluding tert-OH is 1. The van der Waals surface area contributed by atoms with E-state index in [9.17, 15) is 19.1 Å². The van der Waals surface area contributed by atoms with Crippen molar-refractivity contribution >= 4 is 17.4 Å². The lowest BCUT2D eigenvalue weighted by molar-refractivity contribution is -0.139. The van der Waals surface area contributed by atoms with Gasteiger partial charge in [-0.25, -0.2) is 9.37 Å². The van der Waals surface area contributed by atoms with Crippen molar-refractivity contribution in [3.8, 4) is 11.5 Å². The van der Waals surface area contributed by atoms with Crippen molar-refractivity contribution in [2.75, 3.05) is 19.8 Å². The van der Waals surface area contributed by atoms with Crippen LogP contribution in [0.2, 0.25) is 0 Å². The van der Waals surface area contributed by atoms with E-state index in [1.54, 1.807) is 43.0 Å². The van der Waals surface area contributed by atoms with Crippen molar-refractivity contribution in [3.05, 3.63) is 83.7 Å². The van der Waals surface area contributed by atoms with Crippen molar-refractivity contribution < 1.29 is 28.6 Å². The molecule has 5 rings (SSSR count). The molecule has 9 heteroatoms. The zero-order valence-electron chi connectivity index (χ0n) is 18.2. The Morgan fingerprint density at radius 1 is 1.09 bits per heavy atom. The number of ketones is 1. The lowest BCUT2D eigenvalue weighted by atomic mass is 9.95. The lowest BCUT2D eigenvalue weighted by Crippen LogP contribution is -2.31. The van der Waals surface area contributed by atoms with Gasteiger partial charge in [-0.05, 0) is 42.3 Å². The summed E-state index contributed by atoms with van der Waals surface area (Å²) in [4.78, 5) is 31.5. The molecule has 2 aromatic carbocycles. The summed E-state index contributed by atoms with van der Waals surface area (Å²) >= 11 is 0. The Kier molecular flexibility index (Phi) is 5.75. The van der Waals surface area contributed by atoms with Gasteiger partial charge >= 0.3 is 0 Å². The number of carbonyl (C=O) groups is 2. The molecule has 1 atom stereocenters. The molecule has 1 amide bonds. The molecule has 2 aliphatic heterocycles. The summed E-state index contributed by atoms with van der Waals surface area (Å²) in [7, 11) is 0. The number of aryl methyl sites for hydroxylation is 1. The van der Waals surface area contributed by atoms with Crippen LogP contribution in [-0.4, -0.2) is 51.0 Å². The summed E-state index contributed by atoms with van der Waals surface area (Å²) in [6, 6.07) is 9.59. The summed E-state index contributed by atoms with van der Waals surface area (Å²) in [5.41, 5.74) is 0.623. The fraction of sp³-hybridized carbons (Fsp3) is 0.240. The van der Waals surface area contributed by atoms with Crippen LogP contribution in [0.4, 0.5) is 4.39 Å². The van der Waals surface area contributed by atoms with Crippen molar-refractivity contribution in [1.29, 1.82) is 0 Å². The molecule has 174 valence electrons. The number of amides is 1. The number of nitrogens with zero attached hydrogens (tertiary/aromatic N) is 3. The number of hydrogen-bond donors (Lipinski definition) is 1. The molecule has 3 heterocycles. The van der Waals surface area contributed by atoms with E-state index in [1.807, 2.05) is 4.57 Å². The molecule has 0 bridgehead atoms. The Balaban J connectivity index is 1.54. The molecule has 0 saturated carbocycles. The van der Waals surface area contributed by atoms with Gasteiger partial charge in [0.1, 0.15) is 24.8 Å². The predicted octanol–water partition coefficient (Wildman–Crippen LogP) is 3.31. The molecule has 1 saturated heterocycles. The maximum Gasteiger partial charge on any atom is 0.295 e. The minimum Gasteiger partial charge on any atom is -0.507 e. The number of Topliss-reactive ketones (excluding diaryl/α,β-unsaturated/α-hetero) is 1. The molecule has 1 N–H and O–H groups in total. The van der Waals surface area contributed by atoms with E-state index in [2.05, 4.69) is 4.98 Å². The molecule has 34 heavy (non-hydrogen) atoms. The second-order valence-corrected chi connectivity index (χ2v) is 8.06. The van der Waals surface area contributed by atoms with Crippen LogP contribution in [-0.2, 0) is 16.1 Å². The summed E-state index contributed by atoms with van der Waals surface area (Å²) in [5, 5.41) is 11.2. The standard InChI is InChI=1S/C25H22FN3O5/c26-18-4-1-3-16(13-18)22-21(23(30)17-5-6-19-20(14-17)34-12-11-33-19)24(31)25(32)29(22)9-2-8-28-10-7-27-15-28/h1,3-7,10,13-15,22,30H,2,8-9,11-12H2/b23-21-. The van der Waals surface area contributed by atoms with Gasteiger partial charge in [0, 0.05) is 31.0 Å². The predicted molar refractivity (Wildman–Crippen MR) is 120 cm³/mol. The van der Waals surface area contributed by atoms with Gasteiger partial charge in [0.05, 0.1) is 17.9 Å². The molecule has 1 unspecified atom stereocenters. The van der Waals surface area contributed by atoms with Gasteiger partial charge < -0.3 is 24.0 Å². The van der Waals surface area contributed by atoms with E-state index < -0.39 is 23.5 Å². The minimum absolute atomic E-state index is 0.0880. The molecule has 3 aromatic rings. The third kappa shape index (κ3) is 4.00. The Bertz CT molecular complexity index is 1270. The molecule has 1 aromatic heterocycles. The maximum atomic E-state index is 14.1. The van der Waals surface area contributed by atoms with Gasteiger partial charge in [0.15, 0.2) is 11.5 Å². The quantitative estimate of drug-likeness (QED) is 0.343. The molecule has 0 spiro atoms. The second kappa shape index (κ2) is 9.01. The normalized spacial score (nSPS) is 19.0. The van der Waals surface area contributed by atoms with E-state index in [0.717, 1.165) is 0 Å². The molecule has 2 aliphatic rings. The third-order valence-corrected chi connectivity index (χ3v) is 5.89. The molecule has 8 nitrogen and oxygen atoms in total. The first-order valence-electron chi connectivity index (χ1n) is 10.9. The highest BCUT2D eigenvalue weighted by Gasteiger charge is 2.46. The number of halogens is 1. The second-order valence-electron chi connectivity index (χ2n) is 8.06. The number of aromatic nitrogens is 2. The topological polar surface area (TPSA) is 93.9 Å². The molecule has 0 aliphatic carbocycles. The monoisotopic (exact) mass is 463 g/mol. The average Bonchev–Trinajstić information content (AvgIpc) is 3.45. The lowest BCUT2D eigenvalue weighted by Gasteiger charge is -2.25. The Morgan fingerprint density at radius 2 is 1.91 bits per heavy atom. The fourth-order valence-electron chi connectivity index (χ4n) is 4.32. The van der Waals surface area contributed by atoms with E-state index in [4.69, 9.17) is 9.47 Å². The van der Waals surface area contributed by atoms with Crippen LogP contribution in [0.1, 0.15) is 23.6 Å². The van der Waals surface area contributed by atoms with Gasteiger partial charge in [-0.1, -0.05) is 12.1 Å². The fourth-order valence-corrected chi connectivity index (χ4v) is 4.32. The number of ether oxygens (including phenoxy) is 2. The van der Waals surface area contributed by atoms with Gasteiger partial charge in [-0.3, -0.25) is 9.59 Å².